The molecule has 4 N–H and O–H groups in total. The highest BCUT2D eigenvalue weighted by Crippen LogP contribution is 1.96. The first kappa shape index (κ1) is 13.1. The van der Waals surface area contributed by atoms with Crippen molar-refractivity contribution in [3.05, 3.63) is 7.43 Å². The van der Waals surface area contributed by atoms with Gasteiger partial charge in [-0.3, -0.25) is 0 Å². The molecule has 0 spiro atoms. The fraction of sp³-hybridized carbons (Fsp3) is 0.667. The van der Waals surface area contributed by atoms with Crippen LogP contribution in [0, 0.1) is 7.43 Å². The molecule has 0 saturated heterocycles. The van der Waals surface area contributed by atoms with E-state index in [0.717, 1.165) is 0 Å². The molecule has 5 nitrogen and oxygen atoms in total. The number of carbonyl (C=O) groups excluding carboxylic acids is 1. The van der Waals surface area contributed by atoms with Crippen molar-refractivity contribution >= 4 is 6.29 Å². The third-order valence-electron chi connectivity index (χ3n) is 1.07. The van der Waals surface area contributed by atoms with E-state index >= 15 is 0 Å². The summed E-state index contributed by atoms with van der Waals surface area (Å²) in [6.45, 7) is -0.688. The lowest BCUT2D eigenvalue weighted by Crippen LogP contribution is -2.40. The van der Waals surface area contributed by atoms with E-state index in [1.165, 1.54) is 0 Å². The minimum atomic E-state index is -1.64. The van der Waals surface area contributed by atoms with E-state index in [1.807, 2.05) is 0 Å². The van der Waals surface area contributed by atoms with Crippen molar-refractivity contribution in [3.8, 4) is 0 Å². The van der Waals surface area contributed by atoms with E-state index in [4.69, 9.17) is 20.4 Å². The maximum Gasteiger partial charge on any atom is 0.151 e. The molecular weight excluding hydrogens is 152 g/mol. The quantitative estimate of drug-likeness (QED) is 0.338. The first-order valence-electron chi connectivity index (χ1n) is 2.73. The molecular formula is C6H10O5. The molecule has 3 atom stereocenters. The Morgan fingerprint density at radius 1 is 1.27 bits per heavy atom. The molecule has 0 bridgehead atoms. The highest BCUT2D eigenvalue weighted by Gasteiger charge is 2.22. The van der Waals surface area contributed by atoms with E-state index < -0.39 is 24.9 Å². The van der Waals surface area contributed by atoms with Crippen molar-refractivity contribution in [3.63, 3.8) is 0 Å². The van der Waals surface area contributed by atoms with Crippen molar-refractivity contribution in [1.29, 1.82) is 0 Å². The number of hydrogen-bond acceptors (Lipinski definition) is 5. The number of rotatable bonds is 4. The lowest BCUT2D eigenvalue weighted by molar-refractivity contribution is -0.127. The van der Waals surface area contributed by atoms with Gasteiger partial charge < -0.3 is 25.2 Å². The van der Waals surface area contributed by atoms with Crippen LogP contribution in [-0.2, 0) is 4.79 Å². The molecule has 0 amide bonds. The fourth-order valence-corrected chi connectivity index (χ4v) is 0.416. The first-order chi connectivity index (χ1) is 4.63. The van der Waals surface area contributed by atoms with Gasteiger partial charge in [0.1, 0.15) is 18.3 Å². The molecule has 0 heterocycles. The molecule has 11 heavy (non-hydrogen) atoms. The maximum absolute atomic E-state index is 9.76. The predicted molar refractivity (Wildman–Crippen MR) is 34.4 cm³/mol. The third kappa shape index (κ3) is 4.05. The molecule has 0 unspecified atom stereocenters. The van der Waals surface area contributed by atoms with Crippen molar-refractivity contribution in [1.82, 2.24) is 0 Å². The Bertz CT molecular complexity index is 105. The SMILES string of the molecule is O=C[C@H](O)[C@@H](O)[C@H](O)CO.[C]. The Balaban J connectivity index is 0. The number of hydrogen-bond donors (Lipinski definition) is 4. The van der Waals surface area contributed by atoms with Crippen LogP contribution in [0.2, 0.25) is 0 Å². The molecule has 0 aromatic carbocycles. The summed E-state index contributed by atoms with van der Waals surface area (Å²) in [7, 11) is 0. The summed E-state index contributed by atoms with van der Waals surface area (Å²) in [5.74, 6) is 0. The standard InChI is InChI=1S/C5H10O5.C/c6-1-3(8)5(10)4(9)2-7;/h1,3-5,7-10H,2H2;/t3-,4+,5+;/m0./s1. The van der Waals surface area contributed by atoms with Gasteiger partial charge in [0.15, 0.2) is 6.29 Å². The van der Waals surface area contributed by atoms with E-state index in [2.05, 4.69) is 0 Å². The van der Waals surface area contributed by atoms with E-state index in [0.29, 0.717) is 0 Å². The van der Waals surface area contributed by atoms with Gasteiger partial charge >= 0.3 is 0 Å². The fourth-order valence-electron chi connectivity index (χ4n) is 0.416. The lowest BCUT2D eigenvalue weighted by atomic mass is 10.1. The van der Waals surface area contributed by atoms with E-state index in [1.54, 1.807) is 0 Å². The Hall–Kier alpha value is -0.490. The van der Waals surface area contributed by atoms with Gasteiger partial charge in [-0.1, -0.05) is 0 Å². The van der Waals surface area contributed by atoms with Crippen LogP contribution in [0.1, 0.15) is 0 Å². The molecule has 0 aromatic heterocycles. The van der Waals surface area contributed by atoms with Crippen LogP contribution in [0.3, 0.4) is 0 Å². The van der Waals surface area contributed by atoms with Crippen molar-refractivity contribution in [2.24, 2.45) is 0 Å². The second-order valence-electron chi connectivity index (χ2n) is 1.87. The van der Waals surface area contributed by atoms with E-state index in [9.17, 15) is 4.79 Å². The summed E-state index contributed by atoms with van der Waals surface area (Å²) in [5.41, 5.74) is 0. The van der Waals surface area contributed by atoms with Gasteiger partial charge in [-0.25, -0.2) is 0 Å². The molecule has 0 aliphatic heterocycles. The average molecular weight is 162 g/mol. The van der Waals surface area contributed by atoms with Crippen molar-refractivity contribution in [2.45, 2.75) is 18.3 Å². The molecule has 0 saturated carbocycles. The average Bonchev–Trinajstić information content (AvgIpc) is 2.00. The van der Waals surface area contributed by atoms with E-state index in [-0.39, 0.29) is 13.7 Å². The van der Waals surface area contributed by atoms with Crippen LogP contribution in [-0.4, -0.2) is 51.6 Å². The molecule has 0 aliphatic carbocycles. The number of aldehydes is 1. The summed E-state index contributed by atoms with van der Waals surface area (Å²) in [6, 6.07) is 0. The van der Waals surface area contributed by atoms with Crippen LogP contribution in [0.4, 0.5) is 0 Å². The molecule has 0 aliphatic rings. The van der Waals surface area contributed by atoms with Crippen molar-refractivity contribution in [2.75, 3.05) is 6.61 Å². The lowest BCUT2D eigenvalue weighted by Gasteiger charge is -2.16. The largest absolute Gasteiger partial charge is 0.394 e. The normalized spacial score (nSPS) is 17.8. The van der Waals surface area contributed by atoms with Gasteiger partial charge in [-0.15, -0.1) is 0 Å². The predicted octanol–water partition coefficient (Wildman–Crippen LogP) is -2.66. The summed E-state index contributed by atoms with van der Waals surface area (Å²) >= 11 is 0. The Labute approximate surface area is 64.9 Å². The Morgan fingerprint density at radius 3 is 2.00 bits per heavy atom. The third-order valence-corrected chi connectivity index (χ3v) is 1.07. The summed E-state index contributed by atoms with van der Waals surface area (Å²) in [5, 5.41) is 34.1. The smallest absolute Gasteiger partial charge is 0.151 e. The summed E-state index contributed by atoms with van der Waals surface area (Å²) < 4.78 is 0. The van der Waals surface area contributed by atoms with Crippen molar-refractivity contribution < 1.29 is 25.2 Å². The molecule has 4 radical (unpaired) electrons. The molecule has 64 valence electrons. The van der Waals surface area contributed by atoms with Crippen LogP contribution in [0.15, 0.2) is 0 Å². The Kier molecular flexibility index (Phi) is 7.44. The minimum absolute atomic E-state index is 0. The molecule has 0 fully saturated rings. The highest BCUT2D eigenvalue weighted by atomic mass is 16.4. The molecule has 0 rings (SSSR count). The summed E-state index contributed by atoms with van der Waals surface area (Å²) in [4.78, 5) is 9.76. The zero-order valence-corrected chi connectivity index (χ0v) is 5.71. The topological polar surface area (TPSA) is 98.0 Å². The molecule has 5 heteroatoms. The number of aliphatic hydroxyl groups excluding tert-OH is 4. The zero-order valence-electron chi connectivity index (χ0n) is 5.71. The van der Waals surface area contributed by atoms with Crippen LogP contribution >= 0.6 is 0 Å². The maximum atomic E-state index is 9.76. The van der Waals surface area contributed by atoms with Crippen LogP contribution in [0.25, 0.3) is 0 Å². The highest BCUT2D eigenvalue weighted by molar-refractivity contribution is 5.56. The first-order valence-corrected chi connectivity index (χ1v) is 2.73. The van der Waals surface area contributed by atoms with Gasteiger partial charge in [0.2, 0.25) is 0 Å². The minimum Gasteiger partial charge on any atom is -0.394 e. The second-order valence-corrected chi connectivity index (χ2v) is 1.87. The Morgan fingerprint density at radius 2 is 1.73 bits per heavy atom. The van der Waals surface area contributed by atoms with Gasteiger partial charge in [-0.2, -0.15) is 0 Å². The summed E-state index contributed by atoms with van der Waals surface area (Å²) in [6.07, 6.45) is -4.63. The monoisotopic (exact) mass is 162 g/mol. The van der Waals surface area contributed by atoms with Gasteiger partial charge in [0.05, 0.1) is 6.61 Å². The van der Waals surface area contributed by atoms with Gasteiger partial charge in [-0.05, 0) is 0 Å². The molecule has 0 aromatic rings. The second kappa shape index (κ2) is 6.23. The zero-order chi connectivity index (χ0) is 8.15. The van der Waals surface area contributed by atoms with Gasteiger partial charge in [0, 0.05) is 7.43 Å². The van der Waals surface area contributed by atoms with Gasteiger partial charge in [0.25, 0.3) is 0 Å². The number of carbonyl (C=O) groups is 1. The number of aliphatic hydroxyl groups is 4. The van der Waals surface area contributed by atoms with Crippen LogP contribution in [0.5, 0.6) is 0 Å². The van der Waals surface area contributed by atoms with Crippen LogP contribution < -0.4 is 0 Å².